The van der Waals surface area contributed by atoms with E-state index in [2.05, 4.69) is 478 Å². The largest absolute Gasteiger partial charge is 0.311 e. The molecule has 566 valence electrons. The first kappa shape index (κ1) is 76.1. The lowest BCUT2D eigenvalue weighted by molar-refractivity contribution is 0.569. The fourth-order valence-electron chi connectivity index (χ4n) is 18.4. The van der Waals surface area contributed by atoms with E-state index in [1.165, 1.54) is 147 Å². The molecule has 0 radical (unpaired) electrons. The van der Waals surface area contributed by atoms with Crippen LogP contribution in [0.5, 0.6) is 0 Å². The summed E-state index contributed by atoms with van der Waals surface area (Å²) in [5.41, 5.74) is 26.1. The number of nitrogens with zero attached hydrogens (tertiary/aromatic N) is 2. The summed E-state index contributed by atoms with van der Waals surface area (Å²) < 4.78 is 0. The smallest absolute Gasteiger partial charge is 0.252 e. The van der Waals surface area contributed by atoms with Gasteiger partial charge in [-0.25, -0.2) is 0 Å². The van der Waals surface area contributed by atoms with Crippen molar-refractivity contribution in [2.24, 2.45) is 0 Å². The molecule has 2 aliphatic heterocycles. The molecule has 15 aromatic rings. The van der Waals surface area contributed by atoms with Crippen molar-refractivity contribution in [2.75, 3.05) is 9.80 Å². The minimum Gasteiger partial charge on any atom is -0.311 e. The Kier molecular flexibility index (Phi) is 19.4. The summed E-state index contributed by atoms with van der Waals surface area (Å²) in [6.45, 7) is 35.1. The highest BCUT2D eigenvalue weighted by atomic mass is 28.3. The second-order valence-electron chi connectivity index (χ2n) is 37.3. The van der Waals surface area contributed by atoms with Crippen LogP contribution in [0.1, 0.15) is 132 Å². The van der Waals surface area contributed by atoms with Crippen LogP contribution in [0.15, 0.2) is 364 Å². The van der Waals surface area contributed by atoms with Crippen LogP contribution in [0.25, 0.3) is 44.5 Å². The Labute approximate surface area is 687 Å². The molecule has 0 bridgehead atoms. The summed E-state index contributed by atoms with van der Waals surface area (Å²) in [6.07, 6.45) is 0. The van der Waals surface area contributed by atoms with E-state index in [1.54, 1.807) is 0 Å². The van der Waals surface area contributed by atoms with E-state index in [4.69, 9.17) is 0 Å². The van der Waals surface area contributed by atoms with Crippen molar-refractivity contribution in [3.05, 3.63) is 392 Å². The maximum atomic E-state index is 2.75. The molecule has 2 nitrogen and oxygen atoms in total. The SMILES string of the molecule is CC(C)(C)c1ccc([Si](c2ccccc2)(c2cccc(-c3ccccc3)c2)c2ccc3c(c2)N(c2cccc(C(C)(C)C)c2)c2cc([Si](c4ccccc4)(c4ccccc4)c4cccc(-c5ccccc5)c4)cc4c2B3c2ccc(-c3cc(C(C)(C)C)cc(C(C)(C)C)c3)cc2N4c2ccc(C(C)(C)C)cc2-c2ccccc2)cc1. The van der Waals surface area contributed by atoms with Crippen molar-refractivity contribution >= 4 is 115 Å². The number of benzene rings is 15. The molecule has 0 aromatic heterocycles. The molecule has 0 saturated heterocycles. The minimum atomic E-state index is -3.55. The summed E-state index contributed by atoms with van der Waals surface area (Å²) in [6, 6.07) is 143. The number of fused-ring (bicyclic) bond motifs is 4. The van der Waals surface area contributed by atoms with Gasteiger partial charge >= 0.3 is 0 Å². The van der Waals surface area contributed by atoms with Gasteiger partial charge in [0.05, 0.1) is 5.69 Å². The number of rotatable bonds is 14. The van der Waals surface area contributed by atoms with E-state index in [-0.39, 0.29) is 33.8 Å². The van der Waals surface area contributed by atoms with Crippen LogP contribution in [-0.2, 0) is 27.1 Å². The van der Waals surface area contributed by atoms with Gasteiger partial charge in [0.25, 0.3) is 6.71 Å². The molecule has 0 spiro atoms. The van der Waals surface area contributed by atoms with Gasteiger partial charge in [-0.05, 0) is 200 Å². The van der Waals surface area contributed by atoms with Crippen LogP contribution >= 0.6 is 0 Å². The normalized spacial score (nSPS) is 13.5. The Morgan fingerprint density at radius 1 is 0.200 bits per heavy atom. The van der Waals surface area contributed by atoms with Crippen LogP contribution < -0.4 is 67.7 Å². The standard InChI is InChI=1S/C110H105BN2Si2/c1-106(2,3)83-56-59-92(60-57-83)114(89-47-28-19-29-48-89,93-53-34-43-79(67-93)76-37-22-16-23-38-76)95-61-63-99-102(73-95)112(88-46-36-45-84(71-88)107(4,5)6)103-74-96(115(90-49-30-20-31-50-90,91-51-32-21-33-52-91)94-54-35-44-80(68-94)77-39-24-17-25-40-77)75-104-105(103)111(99)98-62-55-81(82-65-86(109(10,11)12)70-87(66-82)110(13,14)15)69-101(98)113(104)100-64-58-85(108(7,8)9)72-97(100)78-41-26-18-27-42-78/h16-75H,1-15H3. The van der Waals surface area contributed by atoms with E-state index in [9.17, 15) is 0 Å². The van der Waals surface area contributed by atoms with E-state index >= 15 is 0 Å². The maximum absolute atomic E-state index is 3.55. The second-order valence-corrected chi connectivity index (χ2v) is 45.0. The van der Waals surface area contributed by atoms with Gasteiger partial charge in [0, 0.05) is 34.0 Å². The molecule has 5 heteroatoms. The van der Waals surface area contributed by atoms with Crippen molar-refractivity contribution in [1.29, 1.82) is 0 Å². The molecule has 115 heavy (non-hydrogen) atoms. The van der Waals surface area contributed by atoms with Crippen LogP contribution in [0.2, 0.25) is 0 Å². The van der Waals surface area contributed by atoms with Gasteiger partial charge in [-0.3, -0.25) is 0 Å². The molecule has 0 aliphatic carbocycles. The molecule has 2 aliphatic rings. The van der Waals surface area contributed by atoms with E-state index in [0.717, 1.165) is 17.1 Å². The number of anilines is 6. The van der Waals surface area contributed by atoms with Crippen molar-refractivity contribution in [1.82, 2.24) is 0 Å². The molecule has 1 unspecified atom stereocenters. The van der Waals surface area contributed by atoms with E-state index in [0.29, 0.717) is 0 Å². The Bertz CT molecular complexity index is 6030. The summed E-state index contributed by atoms with van der Waals surface area (Å²) >= 11 is 0. The van der Waals surface area contributed by atoms with E-state index < -0.39 is 16.1 Å². The second kappa shape index (κ2) is 29.3. The first-order valence-corrected chi connectivity index (χ1v) is 45.3. The highest BCUT2D eigenvalue weighted by Crippen LogP contribution is 2.49. The maximum Gasteiger partial charge on any atom is 0.252 e. The van der Waals surface area contributed by atoms with Crippen molar-refractivity contribution in [3.63, 3.8) is 0 Å². The highest BCUT2D eigenvalue weighted by molar-refractivity contribution is 7.21. The fourth-order valence-corrected chi connectivity index (χ4v) is 28.0. The molecule has 2 heterocycles. The van der Waals surface area contributed by atoms with Gasteiger partial charge < -0.3 is 9.80 Å². The van der Waals surface area contributed by atoms with Crippen LogP contribution in [0.4, 0.5) is 34.1 Å². The Hall–Kier alpha value is -11.6. The summed E-state index contributed by atoms with van der Waals surface area (Å²) in [7, 11) is -6.95. The minimum absolute atomic E-state index is 0.0641. The highest BCUT2D eigenvalue weighted by Gasteiger charge is 2.50. The molecule has 0 N–H and O–H groups in total. The van der Waals surface area contributed by atoms with Crippen LogP contribution in [0.3, 0.4) is 0 Å². The Morgan fingerprint density at radius 2 is 0.557 bits per heavy atom. The zero-order valence-electron chi connectivity index (χ0n) is 69.6. The van der Waals surface area contributed by atoms with Gasteiger partial charge in [0.2, 0.25) is 0 Å². The third-order valence-electron chi connectivity index (χ3n) is 24.7. The molecule has 15 aromatic carbocycles. The van der Waals surface area contributed by atoms with Crippen molar-refractivity contribution in [2.45, 2.75) is 131 Å². The van der Waals surface area contributed by atoms with Crippen molar-refractivity contribution < 1.29 is 0 Å². The third kappa shape index (κ3) is 13.8. The zero-order valence-corrected chi connectivity index (χ0v) is 71.6. The van der Waals surface area contributed by atoms with Gasteiger partial charge in [-0.2, -0.15) is 0 Å². The first-order chi connectivity index (χ1) is 55.2. The predicted molar refractivity (Wildman–Crippen MR) is 503 cm³/mol. The molecule has 0 saturated carbocycles. The molecular weight excluding hydrogens is 1420 g/mol. The zero-order chi connectivity index (χ0) is 80.0. The summed E-state index contributed by atoms with van der Waals surface area (Å²) in [4.78, 5) is 5.50. The third-order valence-corrected chi connectivity index (χ3v) is 34.2. The quantitative estimate of drug-likeness (QED) is 0.0791. The fraction of sp³-hybridized carbons (Fsp3) is 0.182. The summed E-state index contributed by atoms with van der Waals surface area (Å²) in [5.74, 6) is 0. The van der Waals surface area contributed by atoms with Crippen molar-refractivity contribution in [3.8, 4) is 44.5 Å². The summed E-state index contributed by atoms with van der Waals surface area (Å²) in [5, 5.41) is 10.5. The average Bonchev–Trinajstić information content (AvgIpc) is 0.688. The topological polar surface area (TPSA) is 6.48 Å². The number of hydrogen-bond donors (Lipinski definition) is 0. The first-order valence-electron chi connectivity index (χ1n) is 41.3. The molecule has 17 rings (SSSR count). The molecule has 0 fully saturated rings. The number of hydrogen-bond acceptors (Lipinski definition) is 2. The van der Waals surface area contributed by atoms with E-state index in [1.807, 2.05) is 0 Å². The van der Waals surface area contributed by atoms with Crippen LogP contribution in [0, 0.1) is 0 Å². The van der Waals surface area contributed by atoms with Gasteiger partial charge in [-0.15, -0.1) is 0 Å². The lowest BCUT2D eigenvalue weighted by Gasteiger charge is -2.47. The van der Waals surface area contributed by atoms with Gasteiger partial charge in [-0.1, -0.05) is 419 Å². The molecular formula is C110H105BN2Si2. The Balaban J connectivity index is 1.08. The predicted octanol–water partition coefficient (Wildman–Crippen LogP) is 21.7. The average molecular weight is 1520 g/mol. The lowest BCUT2D eigenvalue weighted by atomic mass is 9.33. The lowest BCUT2D eigenvalue weighted by Crippen LogP contribution is -2.75. The molecule has 0 amide bonds. The monoisotopic (exact) mass is 1520 g/mol. The van der Waals surface area contributed by atoms with Crippen LogP contribution in [-0.4, -0.2) is 22.9 Å². The Morgan fingerprint density at radius 3 is 1.04 bits per heavy atom. The molecule has 1 atom stereocenters. The van der Waals surface area contributed by atoms with Gasteiger partial charge in [0.15, 0.2) is 16.1 Å². The van der Waals surface area contributed by atoms with Gasteiger partial charge in [0.1, 0.15) is 0 Å².